The van der Waals surface area contributed by atoms with E-state index in [0.29, 0.717) is 48.1 Å². The molecule has 0 radical (unpaired) electrons. The number of carbonyl (C=O) groups is 2. The molecule has 3 atom stereocenters. The van der Waals surface area contributed by atoms with E-state index in [-0.39, 0.29) is 18.1 Å². The molecule has 0 spiro atoms. The number of carboxylic acid groups (broad SMARTS) is 1. The molecule has 0 aliphatic carbocycles. The van der Waals surface area contributed by atoms with Crippen molar-refractivity contribution in [3.8, 4) is 11.8 Å². The summed E-state index contributed by atoms with van der Waals surface area (Å²) in [7, 11) is 0. The number of benzene rings is 1. The first kappa shape index (κ1) is 23.4. The van der Waals surface area contributed by atoms with E-state index >= 15 is 0 Å². The highest BCUT2D eigenvalue weighted by molar-refractivity contribution is 5.90. The number of carbonyl (C=O) groups excluding carboxylic acids is 1. The van der Waals surface area contributed by atoms with Crippen LogP contribution >= 0.6 is 0 Å². The number of aryl methyl sites for hydroxylation is 2. The van der Waals surface area contributed by atoms with E-state index in [9.17, 15) is 14.7 Å². The van der Waals surface area contributed by atoms with Crippen molar-refractivity contribution in [3.05, 3.63) is 41.3 Å². The van der Waals surface area contributed by atoms with Crippen molar-refractivity contribution in [3.63, 3.8) is 0 Å². The van der Waals surface area contributed by atoms with Crippen molar-refractivity contribution in [2.75, 3.05) is 25.0 Å². The summed E-state index contributed by atoms with van der Waals surface area (Å²) in [5.41, 5.74) is 1.71. The molecular weight excluding hydrogens is 440 g/mol. The maximum atomic E-state index is 12.9. The van der Waals surface area contributed by atoms with Gasteiger partial charge >= 0.3 is 12.1 Å². The number of anilines is 1. The summed E-state index contributed by atoms with van der Waals surface area (Å²) in [5, 5.41) is 26.4. The van der Waals surface area contributed by atoms with Crippen molar-refractivity contribution in [2.45, 2.75) is 51.7 Å². The van der Waals surface area contributed by atoms with Crippen LogP contribution in [0.5, 0.6) is 5.75 Å². The SMILES string of the molecule is Cc1noc(C)c1NC(=O)N1CC2CCC(C1)N2CC(C)N(Oc1ccc(C#N)cc1)C(=O)O. The molecule has 3 heterocycles. The van der Waals surface area contributed by atoms with Crippen LogP contribution < -0.4 is 10.2 Å². The Morgan fingerprint density at radius 1 is 1.29 bits per heavy atom. The topological polar surface area (TPSA) is 135 Å². The number of likely N-dealkylation sites (tertiary alicyclic amines) is 1. The van der Waals surface area contributed by atoms with Gasteiger partial charge in [-0.05, 0) is 57.9 Å². The van der Waals surface area contributed by atoms with Gasteiger partial charge in [0, 0.05) is 31.7 Å². The normalized spacial score (nSPS) is 20.5. The van der Waals surface area contributed by atoms with Crippen LogP contribution in [0, 0.1) is 25.2 Å². The standard InChI is InChI=1S/C23H28N6O5/c1-14(29(23(31)32)34-20-8-4-17(10-24)5-9-20)11-28-18-6-7-19(28)13-27(12-18)22(30)25-21-15(2)26-33-16(21)3/h4-5,8-9,14,18-19H,6-7,11-13H2,1-3H3,(H,25,30)(H,31,32). The summed E-state index contributed by atoms with van der Waals surface area (Å²) in [4.78, 5) is 34.5. The van der Waals surface area contributed by atoms with Crippen molar-refractivity contribution >= 4 is 17.8 Å². The van der Waals surface area contributed by atoms with Gasteiger partial charge in [0.05, 0.1) is 17.7 Å². The Balaban J connectivity index is 1.38. The average molecular weight is 469 g/mol. The molecule has 2 fully saturated rings. The minimum atomic E-state index is -1.19. The number of rotatable bonds is 6. The van der Waals surface area contributed by atoms with Gasteiger partial charge in [-0.3, -0.25) is 4.90 Å². The van der Waals surface area contributed by atoms with Crippen molar-refractivity contribution in [1.82, 2.24) is 20.0 Å². The van der Waals surface area contributed by atoms with Crippen LogP contribution in [0.4, 0.5) is 15.3 Å². The Morgan fingerprint density at radius 2 is 1.94 bits per heavy atom. The highest BCUT2D eigenvalue weighted by Crippen LogP contribution is 2.31. The molecule has 1 aromatic carbocycles. The first-order chi connectivity index (χ1) is 16.3. The molecule has 2 aromatic rings. The first-order valence-electron chi connectivity index (χ1n) is 11.2. The smallest absolute Gasteiger partial charge is 0.441 e. The van der Waals surface area contributed by atoms with E-state index in [0.717, 1.165) is 17.9 Å². The van der Waals surface area contributed by atoms with E-state index in [1.54, 1.807) is 49.9 Å². The maximum absolute atomic E-state index is 12.9. The summed E-state index contributed by atoms with van der Waals surface area (Å²) in [5.74, 6) is 0.911. The molecule has 2 saturated heterocycles. The van der Waals surface area contributed by atoms with Crippen LogP contribution in [-0.4, -0.2) is 75.0 Å². The van der Waals surface area contributed by atoms with Gasteiger partial charge in [0.1, 0.15) is 11.4 Å². The van der Waals surface area contributed by atoms with Crippen molar-refractivity contribution in [2.24, 2.45) is 0 Å². The summed E-state index contributed by atoms with van der Waals surface area (Å²) < 4.78 is 5.12. The van der Waals surface area contributed by atoms with E-state index in [4.69, 9.17) is 14.6 Å². The molecule has 3 amide bonds. The van der Waals surface area contributed by atoms with E-state index in [1.807, 2.05) is 6.07 Å². The molecule has 180 valence electrons. The molecule has 2 aliphatic heterocycles. The molecular formula is C23H28N6O5. The zero-order valence-electron chi connectivity index (χ0n) is 19.4. The lowest BCUT2D eigenvalue weighted by molar-refractivity contribution is -0.0769. The lowest BCUT2D eigenvalue weighted by Crippen LogP contribution is -2.59. The van der Waals surface area contributed by atoms with Gasteiger partial charge in [-0.2, -0.15) is 5.26 Å². The summed E-state index contributed by atoms with van der Waals surface area (Å²) >= 11 is 0. The molecule has 34 heavy (non-hydrogen) atoms. The molecule has 11 heteroatoms. The van der Waals surface area contributed by atoms with Crippen LogP contribution in [0.25, 0.3) is 0 Å². The minimum Gasteiger partial charge on any atom is -0.463 e. The number of piperazine rings is 1. The third-order valence-corrected chi connectivity index (χ3v) is 6.44. The number of nitrogens with zero attached hydrogens (tertiary/aromatic N) is 5. The highest BCUT2D eigenvalue weighted by atomic mass is 16.7. The van der Waals surface area contributed by atoms with Crippen molar-refractivity contribution < 1.29 is 24.1 Å². The third-order valence-electron chi connectivity index (χ3n) is 6.44. The second-order valence-electron chi connectivity index (χ2n) is 8.80. The van der Waals surface area contributed by atoms with Gasteiger partial charge in [-0.1, -0.05) is 5.16 Å². The van der Waals surface area contributed by atoms with E-state index in [2.05, 4.69) is 15.4 Å². The Morgan fingerprint density at radius 3 is 2.47 bits per heavy atom. The van der Waals surface area contributed by atoms with Crippen LogP contribution in [-0.2, 0) is 0 Å². The van der Waals surface area contributed by atoms with Gasteiger partial charge in [0.25, 0.3) is 0 Å². The Hall–Kier alpha value is -3.78. The number of hydrogen-bond donors (Lipinski definition) is 2. The van der Waals surface area contributed by atoms with Crippen LogP contribution in [0.2, 0.25) is 0 Å². The largest absolute Gasteiger partial charge is 0.463 e. The molecule has 4 rings (SSSR count). The van der Waals surface area contributed by atoms with Gasteiger partial charge < -0.3 is 24.7 Å². The van der Waals surface area contributed by atoms with Gasteiger partial charge in [-0.25, -0.2) is 9.59 Å². The Bertz CT molecular complexity index is 1060. The van der Waals surface area contributed by atoms with E-state index in [1.165, 1.54) is 0 Å². The number of fused-ring (bicyclic) bond motifs is 2. The second kappa shape index (κ2) is 9.61. The quantitative estimate of drug-likeness (QED) is 0.617. The number of nitrogens with one attached hydrogen (secondary N) is 1. The highest BCUT2D eigenvalue weighted by Gasteiger charge is 2.43. The molecule has 3 unspecified atom stereocenters. The fourth-order valence-electron chi connectivity index (χ4n) is 4.70. The zero-order chi connectivity index (χ0) is 24.4. The zero-order valence-corrected chi connectivity index (χ0v) is 19.4. The van der Waals surface area contributed by atoms with Gasteiger partial charge in [0.2, 0.25) is 0 Å². The number of nitriles is 1. The second-order valence-corrected chi connectivity index (χ2v) is 8.80. The van der Waals surface area contributed by atoms with E-state index < -0.39 is 12.1 Å². The summed E-state index contributed by atoms with van der Waals surface area (Å²) in [6, 6.07) is 7.97. The third kappa shape index (κ3) is 4.77. The lowest BCUT2D eigenvalue weighted by atomic mass is 10.1. The minimum absolute atomic E-state index is 0.141. The fourth-order valence-corrected chi connectivity index (χ4v) is 4.70. The average Bonchev–Trinajstić information content (AvgIpc) is 3.24. The lowest BCUT2D eigenvalue weighted by Gasteiger charge is -2.42. The maximum Gasteiger partial charge on any atom is 0.441 e. The molecule has 1 aromatic heterocycles. The molecule has 2 bridgehead atoms. The Kier molecular flexibility index (Phi) is 6.61. The number of aromatic nitrogens is 1. The van der Waals surface area contributed by atoms with Gasteiger partial charge in [0.15, 0.2) is 11.5 Å². The van der Waals surface area contributed by atoms with Gasteiger partial charge in [-0.15, -0.1) is 5.06 Å². The molecule has 2 aliphatic rings. The first-order valence-corrected chi connectivity index (χ1v) is 11.2. The summed E-state index contributed by atoms with van der Waals surface area (Å²) in [6.07, 6.45) is 0.688. The number of hydroxylamine groups is 2. The molecule has 11 nitrogen and oxygen atoms in total. The number of hydrogen-bond acceptors (Lipinski definition) is 7. The van der Waals surface area contributed by atoms with Crippen LogP contribution in [0.15, 0.2) is 28.8 Å². The fraction of sp³-hybridized carbons (Fsp3) is 0.478. The number of urea groups is 1. The van der Waals surface area contributed by atoms with Crippen LogP contribution in [0.3, 0.4) is 0 Å². The predicted molar refractivity (Wildman–Crippen MR) is 121 cm³/mol. The van der Waals surface area contributed by atoms with Crippen LogP contribution in [0.1, 0.15) is 36.8 Å². The van der Waals surface area contributed by atoms with Crippen molar-refractivity contribution in [1.29, 1.82) is 5.26 Å². The number of amides is 3. The molecule has 2 N–H and O–H groups in total. The predicted octanol–water partition coefficient (Wildman–Crippen LogP) is 3.21. The monoisotopic (exact) mass is 468 g/mol. The molecule has 0 saturated carbocycles. The Labute approximate surface area is 197 Å². The summed E-state index contributed by atoms with van der Waals surface area (Å²) in [6.45, 7) is 6.94.